The molecule has 1 heterocycles. The van der Waals surface area contributed by atoms with Crippen LogP contribution in [0.15, 0.2) is 180 Å². The Morgan fingerprint density at radius 2 is 1.03 bits per heavy atom. The zero-order chi connectivity index (χ0) is 38.6. The van der Waals surface area contributed by atoms with Gasteiger partial charge in [0.25, 0.3) is 0 Å². The van der Waals surface area contributed by atoms with Crippen molar-refractivity contribution in [2.24, 2.45) is 0 Å². The van der Waals surface area contributed by atoms with E-state index < -0.39 is 0 Å². The molecular formula is C56H43NO. The average Bonchev–Trinajstić information content (AvgIpc) is 4.03. The molecule has 0 radical (unpaired) electrons. The Balaban J connectivity index is 1.10. The van der Waals surface area contributed by atoms with Crippen molar-refractivity contribution in [2.75, 3.05) is 4.90 Å². The SMILES string of the molecule is CC1(C)c2ccccc2-c2cccc(-c3ccccc3N(c3cccc(-c4cccc5oc6ccccc6c45)c3)c3ccc4c(c3)C3(CCCC3)c3ccccc3-4)c21. The number of benzene rings is 8. The van der Waals surface area contributed by atoms with Gasteiger partial charge >= 0.3 is 0 Å². The lowest BCUT2D eigenvalue weighted by Gasteiger charge is -2.32. The minimum absolute atomic E-state index is 0.0585. The van der Waals surface area contributed by atoms with Crippen LogP contribution in [0.3, 0.4) is 0 Å². The van der Waals surface area contributed by atoms with E-state index in [1.807, 2.05) is 6.07 Å². The number of para-hydroxylation sites is 2. The second-order valence-corrected chi connectivity index (χ2v) is 17.1. The van der Waals surface area contributed by atoms with Gasteiger partial charge in [-0.25, -0.2) is 0 Å². The van der Waals surface area contributed by atoms with Crippen LogP contribution < -0.4 is 4.90 Å². The second kappa shape index (κ2) is 12.4. The number of furan rings is 1. The number of rotatable bonds is 5. The van der Waals surface area contributed by atoms with Gasteiger partial charge in [-0.3, -0.25) is 0 Å². The molecule has 3 aliphatic carbocycles. The second-order valence-electron chi connectivity index (χ2n) is 17.1. The molecule has 1 fully saturated rings. The van der Waals surface area contributed by atoms with Gasteiger partial charge in [-0.1, -0.05) is 160 Å². The number of nitrogens with zero attached hydrogens (tertiary/aromatic N) is 1. The summed E-state index contributed by atoms with van der Waals surface area (Å²) in [6.07, 6.45) is 4.91. The molecule has 1 aromatic heterocycles. The van der Waals surface area contributed by atoms with E-state index in [0.29, 0.717) is 0 Å². The van der Waals surface area contributed by atoms with Crippen molar-refractivity contribution in [2.45, 2.75) is 50.4 Å². The Bertz CT molecular complexity index is 3120. The molecule has 0 bridgehead atoms. The molecule has 9 aromatic rings. The molecule has 2 heteroatoms. The zero-order valence-electron chi connectivity index (χ0n) is 32.9. The monoisotopic (exact) mass is 745 g/mol. The molecule has 8 aromatic carbocycles. The van der Waals surface area contributed by atoms with Crippen LogP contribution in [0.5, 0.6) is 0 Å². The summed E-state index contributed by atoms with van der Waals surface area (Å²) in [5.41, 5.74) is 21.3. The van der Waals surface area contributed by atoms with Crippen molar-refractivity contribution in [1.29, 1.82) is 0 Å². The lowest BCUT2D eigenvalue weighted by molar-refractivity contribution is 0.550. The number of hydrogen-bond donors (Lipinski definition) is 0. The summed E-state index contributed by atoms with van der Waals surface area (Å²) in [4.78, 5) is 2.53. The van der Waals surface area contributed by atoms with E-state index in [2.05, 4.69) is 189 Å². The van der Waals surface area contributed by atoms with Gasteiger partial charge in [0, 0.05) is 38.5 Å². The molecule has 0 amide bonds. The standard InChI is InChI=1S/C56H43NO/c1-55(2)47-25-7-3-19-41(47)44-23-14-24-45(54(44)55)43-20-5-9-27-50(43)57(38-30-31-42-40-18-4-8-26-48(40)56(49(42)35-38)32-11-12-33-56)37-17-13-16-36(34-37)39-22-15-29-52-53(39)46-21-6-10-28-51(46)58-52/h3-10,13-31,34-35H,11-12,32-33H2,1-2H3. The summed E-state index contributed by atoms with van der Waals surface area (Å²) in [5, 5.41) is 2.30. The molecule has 278 valence electrons. The van der Waals surface area contributed by atoms with E-state index >= 15 is 0 Å². The van der Waals surface area contributed by atoms with Crippen LogP contribution in [0.4, 0.5) is 17.1 Å². The Morgan fingerprint density at radius 3 is 1.88 bits per heavy atom. The maximum atomic E-state index is 6.38. The molecule has 0 atom stereocenters. The van der Waals surface area contributed by atoms with E-state index in [4.69, 9.17) is 4.42 Å². The van der Waals surface area contributed by atoms with E-state index in [-0.39, 0.29) is 10.8 Å². The van der Waals surface area contributed by atoms with Gasteiger partial charge in [-0.2, -0.15) is 0 Å². The predicted molar refractivity (Wildman–Crippen MR) is 242 cm³/mol. The predicted octanol–water partition coefficient (Wildman–Crippen LogP) is 15.5. The lowest BCUT2D eigenvalue weighted by atomic mass is 9.76. The van der Waals surface area contributed by atoms with Gasteiger partial charge in [0.05, 0.1) is 5.69 Å². The molecule has 2 nitrogen and oxygen atoms in total. The van der Waals surface area contributed by atoms with Crippen molar-refractivity contribution in [1.82, 2.24) is 0 Å². The first-order valence-corrected chi connectivity index (χ1v) is 20.9. The summed E-state index contributed by atoms with van der Waals surface area (Å²) in [5.74, 6) is 0. The summed E-state index contributed by atoms with van der Waals surface area (Å²) < 4.78 is 6.38. The molecule has 0 N–H and O–H groups in total. The van der Waals surface area contributed by atoms with E-state index in [1.54, 1.807) is 0 Å². The Kier molecular flexibility index (Phi) is 7.18. The van der Waals surface area contributed by atoms with Crippen molar-refractivity contribution >= 4 is 39.0 Å². The minimum Gasteiger partial charge on any atom is -0.456 e. The van der Waals surface area contributed by atoms with Crippen LogP contribution in [0.2, 0.25) is 0 Å². The third kappa shape index (κ3) is 4.66. The molecule has 1 saturated carbocycles. The smallest absolute Gasteiger partial charge is 0.136 e. The molecule has 0 unspecified atom stereocenters. The zero-order valence-corrected chi connectivity index (χ0v) is 32.9. The maximum absolute atomic E-state index is 6.38. The summed E-state index contributed by atoms with van der Waals surface area (Å²) in [6, 6.07) is 65.5. The first kappa shape index (κ1) is 33.5. The number of anilines is 3. The van der Waals surface area contributed by atoms with Gasteiger partial charge < -0.3 is 9.32 Å². The third-order valence-electron chi connectivity index (χ3n) is 13.8. The summed E-state index contributed by atoms with van der Waals surface area (Å²) >= 11 is 0. The average molecular weight is 746 g/mol. The fourth-order valence-corrected chi connectivity index (χ4v) is 11.3. The number of hydrogen-bond acceptors (Lipinski definition) is 2. The highest BCUT2D eigenvalue weighted by Gasteiger charge is 2.45. The van der Waals surface area contributed by atoms with Gasteiger partial charge in [-0.15, -0.1) is 0 Å². The maximum Gasteiger partial charge on any atom is 0.136 e. The van der Waals surface area contributed by atoms with Crippen LogP contribution >= 0.6 is 0 Å². The third-order valence-corrected chi connectivity index (χ3v) is 13.8. The van der Waals surface area contributed by atoms with Crippen molar-refractivity contribution in [3.05, 3.63) is 198 Å². The van der Waals surface area contributed by atoms with Crippen molar-refractivity contribution in [3.8, 4) is 44.5 Å². The molecule has 1 spiro atoms. The fourth-order valence-electron chi connectivity index (χ4n) is 11.3. The van der Waals surface area contributed by atoms with Gasteiger partial charge in [-0.05, 0) is 117 Å². The fraction of sp³-hybridized carbons (Fsp3) is 0.143. The lowest BCUT2D eigenvalue weighted by Crippen LogP contribution is -2.21. The largest absolute Gasteiger partial charge is 0.456 e. The topological polar surface area (TPSA) is 16.4 Å². The number of fused-ring (bicyclic) bond motifs is 11. The first-order valence-electron chi connectivity index (χ1n) is 20.9. The molecule has 0 aliphatic heterocycles. The highest BCUT2D eigenvalue weighted by Crippen LogP contribution is 2.59. The Labute approximate surface area is 340 Å². The normalized spacial score (nSPS) is 15.4. The van der Waals surface area contributed by atoms with Crippen LogP contribution in [-0.4, -0.2) is 0 Å². The van der Waals surface area contributed by atoms with E-state index in [0.717, 1.165) is 33.2 Å². The Hall–Kier alpha value is -6.64. The van der Waals surface area contributed by atoms with Crippen LogP contribution in [0, 0.1) is 0 Å². The van der Waals surface area contributed by atoms with Crippen molar-refractivity contribution in [3.63, 3.8) is 0 Å². The minimum atomic E-state index is -0.152. The molecular weight excluding hydrogens is 703 g/mol. The van der Waals surface area contributed by atoms with Crippen LogP contribution in [0.25, 0.3) is 66.4 Å². The Morgan fingerprint density at radius 1 is 0.448 bits per heavy atom. The van der Waals surface area contributed by atoms with Crippen LogP contribution in [0.1, 0.15) is 61.8 Å². The van der Waals surface area contributed by atoms with E-state index in [9.17, 15) is 0 Å². The summed E-state index contributed by atoms with van der Waals surface area (Å²) in [7, 11) is 0. The van der Waals surface area contributed by atoms with E-state index in [1.165, 1.54) is 98.3 Å². The highest BCUT2D eigenvalue weighted by atomic mass is 16.3. The van der Waals surface area contributed by atoms with Crippen molar-refractivity contribution < 1.29 is 4.42 Å². The molecule has 3 aliphatic rings. The van der Waals surface area contributed by atoms with Crippen LogP contribution in [-0.2, 0) is 10.8 Å². The first-order chi connectivity index (χ1) is 28.5. The summed E-state index contributed by atoms with van der Waals surface area (Å²) in [6.45, 7) is 4.79. The molecule has 12 rings (SSSR count). The van der Waals surface area contributed by atoms with Gasteiger partial charge in [0.2, 0.25) is 0 Å². The van der Waals surface area contributed by atoms with Gasteiger partial charge in [0.1, 0.15) is 11.2 Å². The quantitative estimate of drug-likeness (QED) is 0.174. The highest BCUT2D eigenvalue weighted by molar-refractivity contribution is 6.12. The molecule has 58 heavy (non-hydrogen) atoms. The van der Waals surface area contributed by atoms with Gasteiger partial charge in [0.15, 0.2) is 0 Å². The molecule has 0 saturated heterocycles.